The van der Waals surface area contributed by atoms with E-state index < -0.39 is 0 Å². The Morgan fingerprint density at radius 2 is 2.11 bits per heavy atom. The van der Waals surface area contributed by atoms with Crippen LogP contribution >= 0.6 is 11.6 Å². The first-order valence-electron chi connectivity index (χ1n) is 5.36. The van der Waals surface area contributed by atoms with Gasteiger partial charge in [-0.05, 0) is 23.8 Å². The number of pyridine rings is 1. The number of rotatable bonds is 1. The number of aromatic hydroxyl groups is 1. The molecule has 2 aromatic heterocycles. The molecule has 0 saturated heterocycles. The molecule has 2 heterocycles. The molecule has 0 atom stereocenters. The first-order chi connectivity index (χ1) is 8.65. The predicted octanol–water partition coefficient (Wildman–Crippen LogP) is 3.17. The van der Waals surface area contributed by atoms with E-state index in [0.29, 0.717) is 10.8 Å². The second-order valence-electron chi connectivity index (χ2n) is 4.02. The Morgan fingerprint density at radius 3 is 2.89 bits per heavy atom. The van der Waals surface area contributed by atoms with Crippen LogP contribution in [0.25, 0.3) is 22.0 Å². The van der Waals surface area contributed by atoms with Crippen LogP contribution in [0, 0.1) is 0 Å². The van der Waals surface area contributed by atoms with Crippen molar-refractivity contribution in [2.75, 3.05) is 5.73 Å². The highest BCUT2D eigenvalue weighted by atomic mass is 35.5. The number of H-pyrrole nitrogens is 1. The molecule has 0 amide bonds. The van der Waals surface area contributed by atoms with Gasteiger partial charge in [0, 0.05) is 17.1 Å². The van der Waals surface area contributed by atoms with E-state index in [1.807, 2.05) is 12.3 Å². The summed E-state index contributed by atoms with van der Waals surface area (Å²) >= 11 is 5.92. The van der Waals surface area contributed by atoms with Crippen molar-refractivity contribution in [3.8, 4) is 16.9 Å². The molecule has 0 aliphatic heterocycles. The molecule has 0 bridgehead atoms. The predicted molar refractivity (Wildman–Crippen MR) is 72.6 cm³/mol. The van der Waals surface area contributed by atoms with Crippen LogP contribution < -0.4 is 5.73 Å². The van der Waals surface area contributed by atoms with Crippen LogP contribution in [0.3, 0.4) is 0 Å². The van der Waals surface area contributed by atoms with E-state index in [1.54, 1.807) is 24.4 Å². The molecule has 3 aromatic rings. The molecule has 1 aromatic carbocycles. The third-order valence-corrected chi connectivity index (χ3v) is 3.15. The maximum Gasteiger partial charge on any atom is 0.134 e. The van der Waals surface area contributed by atoms with E-state index in [1.165, 1.54) is 0 Å². The number of fused-ring (bicyclic) bond motifs is 1. The topological polar surface area (TPSA) is 74.9 Å². The number of aromatic nitrogens is 2. The Balaban J connectivity index is 2.24. The molecule has 0 aliphatic carbocycles. The molecule has 0 saturated carbocycles. The van der Waals surface area contributed by atoms with Gasteiger partial charge in [0.15, 0.2) is 0 Å². The average molecular weight is 260 g/mol. The lowest BCUT2D eigenvalue weighted by Crippen LogP contribution is -1.88. The maximum atomic E-state index is 9.43. The number of aromatic amines is 1. The molecule has 3 rings (SSSR count). The van der Waals surface area contributed by atoms with Crippen molar-refractivity contribution >= 4 is 28.3 Å². The molecule has 90 valence electrons. The van der Waals surface area contributed by atoms with Gasteiger partial charge in [-0.1, -0.05) is 17.7 Å². The fraction of sp³-hybridized carbons (Fsp3) is 0. The Labute approximate surface area is 108 Å². The van der Waals surface area contributed by atoms with Gasteiger partial charge in [-0.25, -0.2) is 4.98 Å². The van der Waals surface area contributed by atoms with Crippen LogP contribution in [0.15, 0.2) is 36.7 Å². The summed E-state index contributed by atoms with van der Waals surface area (Å²) in [4.78, 5) is 7.15. The standard InChI is InChI=1S/C13H10ClN3O/c14-10-3-7(1-2-12(10)18)9-5-16-11-6-17-13(15)4-8(9)11/h1-6,16,18H,(H2,15,17). The number of hydrogen-bond donors (Lipinski definition) is 3. The summed E-state index contributed by atoms with van der Waals surface area (Å²) in [6.45, 7) is 0. The van der Waals surface area contributed by atoms with Crippen LogP contribution in [-0.2, 0) is 0 Å². The van der Waals surface area contributed by atoms with Crippen molar-refractivity contribution in [1.29, 1.82) is 0 Å². The molecular formula is C13H10ClN3O. The van der Waals surface area contributed by atoms with Gasteiger partial charge in [0.1, 0.15) is 11.6 Å². The average Bonchev–Trinajstić information content (AvgIpc) is 2.75. The first-order valence-corrected chi connectivity index (χ1v) is 5.74. The van der Waals surface area contributed by atoms with Gasteiger partial charge in [-0.3, -0.25) is 0 Å². The molecule has 4 nitrogen and oxygen atoms in total. The minimum absolute atomic E-state index is 0.0708. The molecule has 18 heavy (non-hydrogen) atoms. The normalized spacial score (nSPS) is 10.9. The molecule has 0 fully saturated rings. The van der Waals surface area contributed by atoms with E-state index in [0.717, 1.165) is 22.0 Å². The monoisotopic (exact) mass is 259 g/mol. The fourth-order valence-electron chi connectivity index (χ4n) is 1.95. The van der Waals surface area contributed by atoms with Crippen LogP contribution in [0.2, 0.25) is 5.02 Å². The number of anilines is 1. The zero-order valence-corrected chi connectivity index (χ0v) is 10.1. The lowest BCUT2D eigenvalue weighted by atomic mass is 10.1. The van der Waals surface area contributed by atoms with Crippen molar-refractivity contribution in [3.63, 3.8) is 0 Å². The minimum Gasteiger partial charge on any atom is -0.506 e. The van der Waals surface area contributed by atoms with E-state index in [-0.39, 0.29) is 5.75 Å². The number of phenols is 1. The maximum absolute atomic E-state index is 9.43. The molecule has 5 heteroatoms. The van der Waals surface area contributed by atoms with E-state index >= 15 is 0 Å². The quantitative estimate of drug-likeness (QED) is 0.628. The van der Waals surface area contributed by atoms with Crippen molar-refractivity contribution in [1.82, 2.24) is 9.97 Å². The third-order valence-electron chi connectivity index (χ3n) is 2.85. The smallest absolute Gasteiger partial charge is 0.134 e. The zero-order valence-electron chi connectivity index (χ0n) is 9.31. The number of nitrogen functional groups attached to an aromatic ring is 1. The first kappa shape index (κ1) is 10.9. The SMILES string of the molecule is Nc1cc2c(-c3ccc(O)c(Cl)c3)c[nH]c2cn1. The summed E-state index contributed by atoms with van der Waals surface area (Å²) in [7, 11) is 0. The number of nitrogens with two attached hydrogens (primary N) is 1. The van der Waals surface area contributed by atoms with Gasteiger partial charge < -0.3 is 15.8 Å². The second-order valence-corrected chi connectivity index (χ2v) is 4.43. The van der Waals surface area contributed by atoms with Gasteiger partial charge in [0.2, 0.25) is 0 Å². The molecule has 0 aliphatic rings. The summed E-state index contributed by atoms with van der Waals surface area (Å²) in [5, 5.41) is 10.7. The Hall–Kier alpha value is -2.20. The van der Waals surface area contributed by atoms with Crippen molar-refractivity contribution < 1.29 is 5.11 Å². The molecule has 0 spiro atoms. The molecular weight excluding hydrogens is 250 g/mol. The molecule has 0 radical (unpaired) electrons. The van der Waals surface area contributed by atoms with Gasteiger partial charge >= 0.3 is 0 Å². The number of phenolic OH excluding ortho intramolecular Hbond substituents is 1. The Bertz CT molecular complexity index is 736. The summed E-state index contributed by atoms with van der Waals surface area (Å²) in [6, 6.07) is 6.90. The Kier molecular flexibility index (Phi) is 2.38. The third kappa shape index (κ3) is 1.67. The van der Waals surface area contributed by atoms with E-state index in [2.05, 4.69) is 9.97 Å². The summed E-state index contributed by atoms with van der Waals surface area (Å²) in [6.07, 6.45) is 3.56. The van der Waals surface area contributed by atoms with E-state index in [9.17, 15) is 5.11 Å². The number of nitrogens with zero attached hydrogens (tertiary/aromatic N) is 1. The molecule has 4 N–H and O–H groups in total. The van der Waals surface area contributed by atoms with Crippen molar-refractivity contribution in [2.45, 2.75) is 0 Å². The second kappa shape index (κ2) is 3.92. The Morgan fingerprint density at radius 1 is 1.28 bits per heavy atom. The highest BCUT2D eigenvalue weighted by Gasteiger charge is 2.08. The lowest BCUT2D eigenvalue weighted by Gasteiger charge is -2.02. The number of benzene rings is 1. The van der Waals surface area contributed by atoms with Gasteiger partial charge in [-0.15, -0.1) is 0 Å². The van der Waals surface area contributed by atoms with Gasteiger partial charge in [0.05, 0.1) is 16.7 Å². The van der Waals surface area contributed by atoms with Crippen molar-refractivity contribution in [2.24, 2.45) is 0 Å². The highest BCUT2D eigenvalue weighted by molar-refractivity contribution is 6.32. The van der Waals surface area contributed by atoms with Gasteiger partial charge in [-0.2, -0.15) is 0 Å². The number of halogens is 1. The highest BCUT2D eigenvalue weighted by Crippen LogP contribution is 2.33. The summed E-state index contributed by atoms with van der Waals surface area (Å²) < 4.78 is 0. The van der Waals surface area contributed by atoms with Crippen LogP contribution in [0.5, 0.6) is 5.75 Å². The van der Waals surface area contributed by atoms with Crippen LogP contribution in [-0.4, -0.2) is 15.1 Å². The summed E-state index contributed by atoms with van der Waals surface area (Å²) in [5.41, 5.74) is 8.48. The number of hydrogen-bond acceptors (Lipinski definition) is 3. The zero-order chi connectivity index (χ0) is 12.7. The van der Waals surface area contributed by atoms with Gasteiger partial charge in [0.25, 0.3) is 0 Å². The van der Waals surface area contributed by atoms with Crippen molar-refractivity contribution in [3.05, 3.63) is 41.7 Å². The fourth-order valence-corrected chi connectivity index (χ4v) is 2.13. The lowest BCUT2D eigenvalue weighted by molar-refractivity contribution is 0.475. The largest absolute Gasteiger partial charge is 0.506 e. The summed E-state index contributed by atoms with van der Waals surface area (Å²) in [5.74, 6) is 0.537. The van der Waals surface area contributed by atoms with Crippen LogP contribution in [0.4, 0.5) is 5.82 Å². The van der Waals surface area contributed by atoms with Crippen LogP contribution in [0.1, 0.15) is 0 Å². The minimum atomic E-state index is 0.0708. The van der Waals surface area contributed by atoms with E-state index in [4.69, 9.17) is 17.3 Å². The molecule has 0 unspecified atom stereocenters. The number of nitrogens with one attached hydrogen (secondary N) is 1.